The fourth-order valence-corrected chi connectivity index (χ4v) is 11.9. The van der Waals surface area contributed by atoms with Crippen LogP contribution in [-0.4, -0.2) is 11.4 Å². The van der Waals surface area contributed by atoms with Crippen LogP contribution in [0, 0.1) is 0 Å². The Morgan fingerprint density at radius 2 is 0.481 bits per heavy atom. The monoisotopic (exact) mass is 1200 g/mol. The van der Waals surface area contributed by atoms with E-state index in [-0.39, 0.29) is 32.0 Å². The molecule has 0 aromatic heterocycles. The van der Waals surface area contributed by atoms with Crippen molar-refractivity contribution in [1.82, 2.24) is 0 Å². The van der Waals surface area contributed by atoms with Crippen molar-refractivity contribution in [3.05, 3.63) is 201 Å². The van der Waals surface area contributed by atoms with E-state index in [1.54, 1.807) is 0 Å². The van der Waals surface area contributed by atoms with Gasteiger partial charge in [0.2, 0.25) is 0 Å². The number of aliphatic imine (C=N–C) groups is 2. The number of hydrogen-bond donors (Lipinski definition) is 0. The maximum Gasteiger partial charge on any atom is 4.00 e. The third-order valence-electron chi connectivity index (χ3n) is 15.6. The zero-order valence-electron chi connectivity index (χ0n) is 48.5. The molecule has 0 bridgehead atoms. The van der Waals surface area contributed by atoms with Gasteiger partial charge in [0.15, 0.2) is 0 Å². The number of nitrogens with zero attached hydrogens (tertiary/aromatic N) is 2. The minimum atomic E-state index is 0. The summed E-state index contributed by atoms with van der Waals surface area (Å²) in [6.07, 6.45) is 0. The van der Waals surface area contributed by atoms with Crippen LogP contribution in [0.4, 0.5) is 11.4 Å². The summed E-state index contributed by atoms with van der Waals surface area (Å²) in [5.74, 6) is 2.71. The second-order valence-corrected chi connectivity index (χ2v) is 23.7. The Labute approximate surface area is 476 Å². The van der Waals surface area contributed by atoms with E-state index in [2.05, 4.69) is 256 Å². The first-order valence-electron chi connectivity index (χ1n) is 27.9. The molecule has 8 aromatic carbocycles. The average molecular weight is 1200 g/mol. The smallest absolute Gasteiger partial charge is 2.00 e. The fraction of sp³-hybridized carbons (Fsp3) is 0.333. The summed E-state index contributed by atoms with van der Waals surface area (Å²) in [4.78, 5) is 11.9. The number of hydrogen-bond acceptors (Lipinski definition) is 2. The molecule has 9 rings (SSSR count). The molecular weight excluding hydrogens is 1120 g/mol. The Bertz CT molecular complexity index is 2980. The molecule has 0 amide bonds. The Morgan fingerprint density at radius 3 is 0.688 bits per heavy atom. The summed E-state index contributed by atoms with van der Waals surface area (Å²) in [5, 5.41) is 2.40. The molecule has 5 heteroatoms. The number of benzene rings is 8. The van der Waals surface area contributed by atoms with Crippen LogP contribution in [0.2, 0.25) is 0 Å². The fourth-order valence-electron chi connectivity index (χ4n) is 11.9. The average Bonchev–Trinajstić information content (AvgIpc) is 3.66. The predicted molar refractivity (Wildman–Crippen MR) is 325 cm³/mol. The second kappa shape index (κ2) is 24.7. The summed E-state index contributed by atoms with van der Waals surface area (Å²) in [6, 6.07) is 55.4. The molecule has 0 fully saturated rings. The standard InChI is InChI=1S/C72H80N2.2O.Pt/c1-41(2)56-25-19-26-57(42(3)4)67(56)50-35-51(68-58(43(5)6)27-20-28-59(68)44(7)8)38-54(37-50)73-71-64-33-17-23-49-24-18-34-65(66(49)64)72(71)74-55-39-52(69-60(45(9)10)29-21-30-61(69)46(11)12)36-53(40-55)70-62(47(13)14)31-22-32-63(70)48(15)16;;;/h17-48H,1-16H3;;;/q;2*-2;+4. The van der Waals surface area contributed by atoms with Gasteiger partial charge in [0.1, 0.15) is 0 Å². The van der Waals surface area contributed by atoms with Crippen LogP contribution in [0.5, 0.6) is 0 Å². The molecule has 0 aliphatic heterocycles. The van der Waals surface area contributed by atoms with Gasteiger partial charge in [0.25, 0.3) is 0 Å². The van der Waals surface area contributed by atoms with Crippen LogP contribution in [0.1, 0.15) is 214 Å². The van der Waals surface area contributed by atoms with E-state index in [1.165, 1.54) is 99.8 Å². The predicted octanol–water partition coefficient (Wildman–Crippen LogP) is 21.5. The van der Waals surface area contributed by atoms with Crippen LogP contribution in [0.3, 0.4) is 0 Å². The molecule has 77 heavy (non-hydrogen) atoms. The molecule has 1 aliphatic carbocycles. The van der Waals surface area contributed by atoms with Gasteiger partial charge in [-0.25, -0.2) is 9.98 Å². The van der Waals surface area contributed by atoms with Gasteiger partial charge in [-0.05, 0) is 178 Å². The zero-order chi connectivity index (χ0) is 52.9. The summed E-state index contributed by atoms with van der Waals surface area (Å²) in [6.45, 7) is 37.2. The van der Waals surface area contributed by atoms with Crippen LogP contribution in [-0.2, 0) is 32.0 Å². The van der Waals surface area contributed by atoms with Crippen molar-refractivity contribution < 1.29 is 32.0 Å². The van der Waals surface area contributed by atoms with Crippen LogP contribution in [0.15, 0.2) is 156 Å². The quantitative estimate of drug-likeness (QED) is 0.104. The number of rotatable bonds is 14. The van der Waals surface area contributed by atoms with Crippen LogP contribution < -0.4 is 0 Å². The van der Waals surface area contributed by atoms with E-state index in [9.17, 15) is 0 Å². The molecule has 0 N–H and O–H groups in total. The normalized spacial score (nSPS) is 13.4. The molecule has 400 valence electrons. The molecule has 0 spiro atoms. The van der Waals surface area contributed by atoms with Gasteiger partial charge < -0.3 is 11.0 Å². The Morgan fingerprint density at radius 1 is 0.273 bits per heavy atom. The largest absolute Gasteiger partial charge is 4.00 e. The first kappa shape index (κ1) is 60.2. The van der Waals surface area contributed by atoms with Gasteiger partial charge in [0.05, 0.1) is 22.8 Å². The van der Waals surface area contributed by atoms with Gasteiger partial charge in [-0.3, -0.25) is 0 Å². The Hall–Kier alpha value is -6.03. The van der Waals surface area contributed by atoms with Crippen molar-refractivity contribution in [3.63, 3.8) is 0 Å². The summed E-state index contributed by atoms with van der Waals surface area (Å²) >= 11 is 0. The van der Waals surface area contributed by atoms with Gasteiger partial charge >= 0.3 is 21.1 Å². The first-order valence-corrected chi connectivity index (χ1v) is 27.9. The van der Waals surface area contributed by atoms with Gasteiger partial charge in [0, 0.05) is 16.5 Å². The Balaban J connectivity index is 0.00000320. The molecule has 4 nitrogen and oxygen atoms in total. The SMILES string of the molecule is CC(C)c1cccc(C(C)C)c1-c1cc(N=C2C(=Nc3cc(-c4c(C(C)C)cccc4C(C)C)cc(-c4c(C(C)C)cccc4C(C)C)c3)c3cccc4cccc2c34)cc(-c2c(C(C)C)cccc2C(C)C)c1.[O-2].[O-2].[Pt+4]. The summed E-state index contributed by atoms with van der Waals surface area (Å²) < 4.78 is 0. The topological polar surface area (TPSA) is 81.7 Å². The van der Waals surface area contributed by atoms with Crippen LogP contribution >= 0.6 is 0 Å². The van der Waals surface area contributed by atoms with E-state index in [4.69, 9.17) is 9.98 Å². The third kappa shape index (κ3) is 11.7. The maximum absolute atomic E-state index is 5.94. The third-order valence-corrected chi connectivity index (χ3v) is 15.6. The Kier molecular flexibility index (Phi) is 19.3. The molecular formula is C72H80N2O2Pt. The molecule has 0 unspecified atom stereocenters. The van der Waals surface area contributed by atoms with Crippen LogP contribution in [0.25, 0.3) is 55.3 Å². The van der Waals surface area contributed by atoms with Crippen molar-refractivity contribution in [2.24, 2.45) is 9.98 Å². The van der Waals surface area contributed by atoms with E-state index in [1.807, 2.05) is 0 Å². The van der Waals surface area contributed by atoms with Crippen molar-refractivity contribution >= 4 is 33.6 Å². The molecule has 1 aliphatic rings. The maximum atomic E-state index is 5.94. The van der Waals surface area contributed by atoms with Crippen molar-refractivity contribution in [1.29, 1.82) is 0 Å². The summed E-state index contributed by atoms with van der Waals surface area (Å²) in [5.41, 5.74) is 27.0. The van der Waals surface area contributed by atoms with Crippen molar-refractivity contribution in [2.75, 3.05) is 0 Å². The zero-order valence-corrected chi connectivity index (χ0v) is 50.8. The summed E-state index contributed by atoms with van der Waals surface area (Å²) in [7, 11) is 0. The minimum Gasteiger partial charge on any atom is -2.00 e. The molecule has 0 atom stereocenters. The molecule has 0 radical (unpaired) electrons. The van der Waals surface area contributed by atoms with E-state index in [0.717, 1.165) is 33.9 Å². The van der Waals surface area contributed by atoms with Crippen molar-refractivity contribution in [2.45, 2.75) is 158 Å². The van der Waals surface area contributed by atoms with Gasteiger partial charge in [-0.15, -0.1) is 0 Å². The molecule has 8 aromatic rings. The van der Waals surface area contributed by atoms with Gasteiger partial charge in [-0.2, -0.15) is 0 Å². The van der Waals surface area contributed by atoms with Crippen molar-refractivity contribution in [3.8, 4) is 44.5 Å². The van der Waals surface area contributed by atoms with E-state index in [0.29, 0.717) is 47.3 Å². The minimum absolute atomic E-state index is 0. The second-order valence-electron chi connectivity index (χ2n) is 23.7. The first-order chi connectivity index (χ1) is 35.3. The van der Waals surface area contributed by atoms with E-state index >= 15 is 0 Å². The molecule has 0 saturated carbocycles. The molecule has 0 heterocycles. The van der Waals surface area contributed by atoms with E-state index < -0.39 is 0 Å². The molecule has 0 saturated heterocycles. The van der Waals surface area contributed by atoms with Gasteiger partial charge in [-0.1, -0.05) is 220 Å².